The summed E-state index contributed by atoms with van der Waals surface area (Å²) in [5, 5.41) is 4.25. The number of Topliss-reactive ketones (excluding diaryl/α,β-unsaturated/α-hetero) is 2. The highest BCUT2D eigenvalue weighted by Gasteiger charge is 2.47. The summed E-state index contributed by atoms with van der Waals surface area (Å²) in [6, 6.07) is 11.5. The van der Waals surface area contributed by atoms with E-state index in [1.165, 1.54) is 0 Å². The van der Waals surface area contributed by atoms with Crippen LogP contribution in [0.2, 0.25) is 5.02 Å². The predicted octanol–water partition coefficient (Wildman–Crippen LogP) is 8.42. The summed E-state index contributed by atoms with van der Waals surface area (Å²) in [7, 11) is 0. The van der Waals surface area contributed by atoms with Crippen LogP contribution in [0.1, 0.15) is 70.4 Å². The van der Waals surface area contributed by atoms with Crippen molar-refractivity contribution in [1.29, 1.82) is 0 Å². The lowest BCUT2D eigenvalue weighted by atomic mass is 9.64. The van der Waals surface area contributed by atoms with Gasteiger partial charge in [0.15, 0.2) is 11.6 Å². The minimum absolute atomic E-state index is 0.0904. The van der Waals surface area contributed by atoms with E-state index in [2.05, 4.69) is 64.9 Å². The smallest absolute Gasteiger partial charge is 0.162 e. The molecule has 1 heterocycles. The largest absolute Gasteiger partial charge is 0.487 e. The predicted molar refractivity (Wildman–Crippen MR) is 154 cm³/mol. The van der Waals surface area contributed by atoms with E-state index < -0.39 is 5.92 Å². The molecule has 2 aliphatic carbocycles. The lowest BCUT2D eigenvalue weighted by Gasteiger charge is -2.44. The van der Waals surface area contributed by atoms with Crippen molar-refractivity contribution in [2.45, 2.75) is 65.9 Å². The number of rotatable bonds is 4. The maximum atomic E-state index is 13.7. The Balaban J connectivity index is 1.67. The Morgan fingerprint density at radius 2 is 1.43 bits per heavy atom. The van der Waals surface area contributed by atoms with Gasteiger partial charge in [-0.05, 0) is 69.4 Å². The van der Waals surface area contributed by atoms with Crippen molar-refractivity contribution in [3.8, 4) is 5.75 Å². The number of ketones is 2. The molecule has 0 aromatic heterocycles. The van der Waals surface area contributed by atoms with Gasteiger partial charge in [0.1, 0.15) is 12.4 Å². The number of hydrogen-bond acceptors (Lipinski definition) is 4. The minimum atomic E-state index is -0.479. The van der Waals surface area contributed by atoms with Gasteiger partial charge in [0.2, 0.25) is 0 Å². The topological polar surface area (TPSA) is 55.4 Å². The monoisotopic (exact) mass is 645 g/mol. The molecule has 37 heavy (non-hydrogen) atoms. The summed E-state index contributed by atoms with van der Waals surface area (Å²) in [6.45, 7) is 8.83. The zero-order chi connectivity index (χ0) is 26.7. The first-order valence-electron chi connectivity index (χ1n) is 12.5. The molecule has 0 radical (unpaired) electrons. The molecule has 0 bridgehead atoms. The molecule has 0 unspecified atom stereocenters. The summed E-state index contributed by atoms with van der Waals surface area (Å²) >= 11 is 13.4. The fourth-order valence-electron chi connectivity index (χ4n) is 5.88. The third-order valence-corrected chi connectivity index (χ3v) is 8.66. The van der Waals surface area contributed by atoms with E-state index in [4.69, 9.17) is 16.3 Å². The number of benzene rings is 2. The highest BCUT2D eigenvalue weighted by molar-refractivity contribution is 9.11. The lowest BCUT2D eigenvalue weighted by molar-refractivity contribution is -0.119. The van der Waals surface area contributed by atoms with Crippen molar-refractivity contribution in [3.05, 3.63) is 84.0 Å². The van der Waals surface area contributed by atoms with Crippen LogP contribution >= 0.6 is 43.5 Å². The van der Waals surface area contributed by atoms with E-state index in [0.717, 1.165) is 44.3 Å². The van der Waals surface area contributed by atoms with Crippen molar-refractivity contribution in [3.63, 3.8) is 0 Å². The molecule has 1 aliphatic heterocycles. The van der Waals surface area contributed by atoms with Crippen LogP contribution in [-0.2, 0) is 16.2 Å². The Hall–Kier alpha value is -1.89. The van der Waals surface area contributed by atoms with E-state index >= 15 is 0 Å². The quantitative estimate of drug-likeness (QED) is 0.362. The second-order valence-electron chi connectivity index (χ2n) is 11.9. The third kappa shape index (κ3) is 5.35. The molecule has 0 amide bonds. The molecule has 0 saturated heterocycles. The molecule has 194 valence electrons. The lowest BCUT2D eigenvalue weighted by Crippen LogP contribution is -2.42. The molecule has 7 heteroatoms. The number of halogens is 3. The van der Waals surface area contributed by atoms with Gasteiger partial charge in [-0.25, -0.2) is 0 Å². The molecule has 5 rings (SSSR count). The molecule has 2 aromatic carbocycles. The molecule has 1 N–H and O–H groups in total. The van der Waals surface area contributed by atoms with Gasteiger partial charge in [0.05, 0.1) is 4.47 Å². The van der Waals surface area contributed by atoms with Gasteiger partial charge in [-0.15, -0.1) is 0 Å². The van der Waals surface area contributed by atoms with Gasteiger partial charge in [-0.2, -0.15) is 0 Å². The normalized spacial score (nSPS) is 20.9. The van der Waals surface area contributed by atoms with Gasteiger partial charge < -0.3 is 10.1 Å². The maximum absolute atomic E-state index is 13.7. The number of ether oxygens (including phenoxy) is 1. The van der Waals surface area contributed by atoms with Gasteiger partial charge >= 0.3 is 0 Å². The first kappa shape index (κ1) is 26.7. The number of dihydropyridines is 1. The highest BCUT2D eigenvalue weighted by atomic mass is 79.9. The Morgan fingerprint density at radius 3 is 1.97 bits per heavy atom. The Labute approximate surface area is 240 Å². The van der Waals surface area contributed by atoms with Crippen LogP contribution < -0.4 is 10.1 Å². The summed E-state index contributed by atoms with van der Waals surface area (Å²) in [5.74, 6) is 0.340. The number of allylic oxidation sites excluding steroid dienone is 4. The first-order valence-corrected chi connectivity index (χ1v) is 14.5. The first-order chi connectivity index (χ1) is 17.3. The van der Waals surface area contributed by atoms with Crippen LogP contribution in [0.15, 0.2) is 67.9 Å². The molecule has 4 nitrogen and oxygen atoms in total. The standard InChI is InChI=1S/C30H30Br2ClNO3/c1-29(2)11-21-26(23(35)13-29)25(27-22(34-21)12-30(3,4)14-24(27)36)19-9-17(31)10-20(32)28(19)37-15-16-5-7-18(33)8-6-16/h5-10,25,34H,11-15H2,1-4H3. The summed E-state index contributed by atoms with van der Waals surface area (Å²) in [4.78, 5) is 27.4. The molecule has 0 saturated carbocycles. The molecule has 3 aliphatic rings. The van der Waals surface area contributed by atoms with E-state index in [1.54, 1.807) is 0 Å². The number of carbonyl (C=O) groups is 2. The van der Waals surface area contributed by atoms with E-state index in [1.807, 2.05) is 36.4 Å². The van der Waals surface area contributed by atoms with Crippen LogP contribution in [0.4, 0.5) is 0 Å². The molecular weight excluding hydrogens is 618 g/mol. The molecule has 0 fully saturated rings. The zero-order valence-electron chi connectivity index (χ0n) is 21.4. The summed E-state index contributed by atoms with van der Waals surface area (Å²) in [6.07, 6.45) is 2.41. The van der Waals surface area contributed by atoms with Gasteiger partial charge in [0.25, 0.3) is 0 Å². The molecule has 0 atom stereocenters. The third-order valence-electron chi connectivity index (χ3n) is 7.36. The molecule has 0 spiro atoms. The fourth-order valence-corrected chi connectivity index (χ4v) is 7.38. The van der Waals surface area contributed by atoms with Gasteiger partial charge in [-0.3, -0.25) is 9.59 Å². The Kier molecular flexibility index (Phi) is 7.00. The number of hydrogen-bond donors (Lipinski definition) is 1. The van der Waals surface area contributed by atoms with Gasteiger partial charge in [0, 0.05) is 56.4 Å². The van der Waals surface area contributed by atoms with Crippen LogP contribution in [0, 0.1) is 10.8 Å². The molecule has 2 aromatic rings. The zero-order valence-corrected chi connectivity index (χ0v) is 25.4. The van der Waals surface area contributed by atoms with Crippen molar-refractivity contribution < 1.29 is 14.3 Å². The summed E-state index contributed by atoms with van der Waals surface area (Å²) < 4.78 is 8.03. The van der Waals surface area contributed by atoms with E-state index in [0.29, 0.717) is 41.4 Å². The van der Waals surface area contributed by atoms with Crippen molar-refractivity contribution in [2.24, 2.45) is 10.8 Å². The van der Waals surface area contributed by atoms with E-state index in [9.17, 15) is 9.59 Å². The second kappa shape index (κ2) is 9.69. The Morgan fingerprint density at radius 1 is 0.892 bits per heavy atom. The van der Waals surface area contributed by atoms with Crippen molar-refractivity contribution >= 4 is 55.0 Å². The average Bonchev–Trinajstić information content (AvgIpc) is 2.76. The van der Waals surface area contributed by atoms with Crippen LogP contribution in [-0.4, -0.2) is 11.6 Å². The summed E-state index contributed by atoms with van der Waals surface area (Å²) in [5.41, 5.74) is 4.78. The SMILES string of the molecule is CC1(C)CC(=O)C2=C(C1)NC1=C(C(=O)CC(C)(C)C1)C2c1cc(Br)cc(Br)c1OCc1ccc(Cl)cc1. The van der Waals surface area contributed by atoms with Crippen LogP contribution in [0.25, 0.3) is 0 Å². The Bertz CT molecular complexity index is 1320. The van der Waals surface area contributed by atoms with Crippen LogP contribution in [0.5, 0.6) is 5.75 Å². The number of nitrogens with one attached hydrogen (secondary N) is 1. The number of carbonyl (C=O) groups excluding carboxylic acids is 2. The van der Waals surface area contributed by atoms with Crippen molar-refractivity contribution in [1.82, 2.24) is 5.32 Å². The van der Waals surface area contributed by atoms with Crippen molar-refractivity contribution in [2.75, 3.05) is 0 Å². The fraction of sp³-hybridized carbons (Fsp3) is 0.400. The second-order valence-corrected chi connectivity index (χ2v) is 14.2. The van der Waals surface area contributed by atoms with Gasteiger partial charge in [-0.1, -0.05) is 67.4 Å². The average molecular weight is 648 g/mol. The minimum Gasteiger partial charge on any atom is -0.487 e. The highest BCUT2D eigenvalue weighted by Crippen LogP contribution is 2.53. The van der Waals surface area contributed by atoms with Crippen LogP contribution in [0.3, 0.4) is 0 Å². The molecular formula is C30H30Br2ClNO3. The maximum Gasteiger partial charge on any atom is 0.162 e. The van der Waals surface area contributed by atoms with E-state index in [-0.39, 0.29) is 22.4 Å².